The van der Waals surface area contributed by atoms with Gasteiger partial charge in [0.1, 0.15) is 5.69 Å². The summed E-state index contributed by atoms with van der Waals surface area (Å²) in [6.07, 6.45) is 0. The van der Waals surface area contributed by atoms with Crippen LogP contribution in [0.25, 0.3) is 23.0 Å². The number of nitrogens with zero attached hydrogens (tertiary/aromatic N) is 3. The van der Waals surface area contributed by atoms with Crippen LogP contribution in [0, 0.1) is 6.92 Å². The van der Waals surface area contributed by atoms with Gasteiger partial charge in [0.25, 0.3) is 5.89 Å². The lowest BCUT2D eigenvalue weighted by Gasteiger charge is -2.00. The van der Waals surface area contributed by atoms with Crippen molar-refractivity contribution < 1.29 is 4.52 Å². The fourth-order valence-electron chi connectivity index (χ4n) is 1.82. The lowest BCUT2D eigenvalue weighted by atomic mass is 10.2. The van der Waals surface area contributed by atoms with Crippen molar-refractivity contribution >= 4 is 17.3 Å². The highest BCUT2D eigenvalue weighted by atomic mass is 35.5. The summed E-state index contributed by atoms with van der Waals surface area (Å²) in [4.78, 5) is 8.66. The van der Waals surface area contributed by atoms with Crippen LogP contribution in [0.1, 0.15) is 5.69 Å². The molecule has 2 aromatic heterocycles. The zero-order chi connectivity index (χ0) is 14.1. The van der Waals surface area contributed by atoms with Gasteiger partial charge in [-0.1, -0.05) is 22.8 Å². The number of anilines is 1. The first kappa shape index (κ1) is 12.6. The standard InChI is InChI=1S/C14H11ClN4O/c1-8-3-2-4-12(17-8)13-18-14(20-19-13)10-7-9(15)5-6-11(10)16/h2-7H,16H2,1H3. The first-order valence-electron chi connectivity index (χ1n) is 5.96. The molecule has 0 saturated carbocycles. The average molecular weight is 287 g/mol. The summed E-state index contributed by atoms with van der Waals surface area (Å²) in [5.74, 6) is 0.742. The summed E-state index contributed by atoms with van der Waals surface area (Å²) < 4.78 is 5.24. The Kier molecular flexibility index (Phi) is 3.12. The molecule has 0 aliphatic heterocycles. The van der Waals surface area contributed by atoms with Gasteiger partial charge in [0.2, 0.25) is 5.82 Å². The molecule has 6 heteroatoms. The van der Waals surface area contributed by atoms with Crippen LogP contribution in [0.5, 0.6) is 0 Å². The Labute approximate surface area is 120 Å². The maximum Gasteiger partial charge on any atom is 0.260 e. The number of halogens is 1. The molecule has 0 amide bonds. The third kappa shape index (κ3) is 2.35. The largest absolute Gasteiger partial charge is 0.398 e. The smallest absolute Gasteiger partial charge is 0.260 e. The van der Waals surface area contributed by atoms with Crippen molar-refractivity contribution in [3.8, 4) is 23.0 Å². The van der Waals surface area contributed by atoms with Gasteiger partial charge in [-0.15, -0.1) is 0 Å². The molecule has 0 bridgehead atoms. The number of hydrogen-bond donors (Lipinski definition) is 1. The van der Waals surface area contributed by atoms with E-state index in [0.29, 0.717) is 33.7 Å². The van der Waals surface area contributed by atoms with E-state index < -0.39 is 0 Å². The van der Waals surface area contributed by atoms with Crippen molar-refractivity contribution in [2.24, 2.45) is 0 Å². The first-order valence-corrected chi connectivity index (χ1v) is 6.34. The molecule has 0 spiro atoms. The molecular formula is C14H11ClN4O. The molecular weight excluding hydrogens is 276 g/mol. The van der Waals surface area contributed by atoms with Crippen LogP contribution in [0.15, 0.2) is 40.9 Å². The normalized spacial score (nSPS) is 10.7. The van der Waals surface area contributed by atoms with E-state index in [4.69, 9.17) is 21.9 Å². The first-order chi connectivity index (χ1) is 9.63. The Balaban J connectivity index is 2.04. The highest BCUT2D eigenvalue weighted by Gasteiger charge is 2.14. The predicted octanol–water partition coefficient (Wildman–Crippen LogP) is 3.34. The van der Waals surface area contributed by atoms with E-state index in [1.807, 2.05) is 25.1 Å². The molecule has 20 heavy (non-hydrogen) atoms. The van der Waals surface area contributed by atoms with Crippen molar-refractivity contribution in [2.75, 3.05) is 5.73 Å². The Morgan fingerprint density at radius 3 is 2.80 bits per heavy atom. The minimum atomic E-state index is 0.323. The number of hydrogen-bond acceptors (Lipinski definition) is 5. The second-order valence-corrected chi connectivity index (χ2v) is 4.76. The van der Waals surface area contributed by atoms with Crippen LogP contribution in [-0.4, -0.2) is 15.1 Å². The lowest BCUT2D eigenvalue weighted by molar-refractivity contribution is 0.432. The topological polar surface area (TPSA) is 77.8 Å². The molecule has 0 radical (unpaired) electrons. The number of aryl methyl sites for hydroxylation is 1. The summed E-state index contributed by atoms with van der Waals surface area (Å²) >= 11 is 5.95. The minimum Gasteiger partial charge on any atom is -0.398 e. The van der Waals surface area contributed by atoms with Gasteiger partial charge in [-0.05, 0) is 37.3 Å². The highest BCUT2D eigenvalue weighted by Crippen LogP contribution is 2.28. The maximum atomic E-state index is 5.95. The number of nitrogen functional groups attached to an aromatic ring is 1. The number of pyridine rings is 1. The van der Waals surface area contributed by atoms with Gasteiger partial charge in [0.15, 0.2) is 0 Å². The molecule has 2 N–H and O–H groups in total. The Hall–Kier alpha value is -2.40. The van der Waals surface area contributed by atoms with Crippen LogP contribution in [0.3, 0.4) is 0 Å². The predicted molar refractivity (Wildman–Crippen MR) is 77.1 cm³/mol. The van der Waals surface area contributed by atoms with Crippen LogP contribution in [0.4, 0.5) is 5.69 Å². The molecule has 3 rings (SSSR count). The van der Waals surface area contributed by atoms with Crippen molar-refractivity contribution in [1.82, 2.24) is 15.1 Å². The van der Waals surface area contributed by atoms with E-state index in [-0.39, 0.29) is 0 Å². The van der Waals surface area contributed by atoms with E-state index in [1.165, 1.54) is 0 Å². The molecule has 1 aromatic carbocycles. The number of aromatic nitrogens is 3. The third-order valence-corrected chi connectivity index (χ3v) is 3.02. The summed E-state index contributed by atoms with van der Waals surface area (Å²) in [5, 5.41) is 4.49. The quantitative estimate of drug-likeness (QED) is 0.731. The van der Waals surface area contributed by atoms with Gasteiger partial charge in [-0.3, -0.25) is 0 Å². The van der Waals surface area contributed by atoms with E-state index in [2.05, 4.69) is 15.1 Å². The summed E-state index contributed by atoms with van der Waals surface area (Å²) in [5.41, 5.74) is 8.57. The summed E-state index contributed by atoms with van der Waals surface area (Å²) in [7, 11) is 0. The van der Waals surface area contributed by atoms with Gasteiger partial charge < -0.3 is 10.3 Å². The van der Waals surface area contributed by atoms with Crippen molar-refractivity contribution in [2.45, 2.75) is 6.92 Å². The minimum absolute atomic E-state index is 0.323. The van der Waals surface area contributed by atoms with E-state index in [0.717, 1.165) is 5.69 Å². The number of rotatable bonds is 2. The molecule has 0 saturated heterocycles. The Bertz CT molecular complexity index is 769. The maximum absolute atomic E-state index is 5.95. The molecule has 3 aromatic rings. The second-order valence-electron chi connectivity index (χ2n) is 4.32. The van der Waals surface area contributed by atoms with E-state index >= 15 is 0 Å². The molecule has 0 aliphatic rings. The molecule has 0 unspecified atom stereocenters. The van der Waals surface area contributed by atoms with Crippen LogP contribution < -0.4 is 5.73 Å². The van der Waals surface area contributed by atoms with Gasteiger partial charge >= 0.3 is 0 Å². The molecule has 0 atom stereocenters. The fourth-order valence-corrected chi connectivity index (χ4v) is 1.99. The van der Waals surface area contributed by atoms with E-state index in [9.17, 15) is 0 Å². The second kappa shape index (κ2) is 4.94. The SMILES string of the molecule is Cc1cccc(-c2noc(-c3cc(Cl)ccc3N)n2)n1. The monoisotopic (exact) mass is 286 g/mol. The van der Waals surface area contributed by atoms with Gasteiger partial charge in [-0.25, -0.2) is 4.98 Å². The summed E-state index contributed by atoms with van der Waals surface area (Å²) in [6.45, 7) is 1.90. The Morgan fingerprint density at radius 2 is 2.00 bits per heavy atom. The third-order valence-electron chi connectivity index (χ3n) is 2.79. The van der Waals surface area contributed by atoms with Gasteiger partial charge in [0.05, 0.1) is 5.56 Å². The zero-order valence-electron chi connectivity index (χ0n) is 10.7. The van der Waals surface area contributed by atoms with Crippen LogP contribution >= 0.6 is 11.6 Å². The van der Waals surface area contributed by atoms with Crippen molar-refractivity contribution in [3.63, 3.8) is 0 Å². The molecule has 0 fully saturated rings. The average Bonchev–Trinajstić information content (AvgIpc) is 2.91. The lowest BCUT2D eigenvalue weighted by Crippen LogP contribution is -1.91. The van der Waals surface area contributed by atoms with Crippen molar-refractivity contribution in [3.05, 3.63) is 47.1 Å². The number of benzene rings is 1. The molecule has 100 valence electrons. The molecule has 2 heterocycles. The van der Waals surface area contributed by atoms with E-state index in [1.54, 1.807) is 18.2 Å². The van der Waals surface area contributed by atoms with Crippen LogP contribution in [-0.2, 0) is 0 Å². The highest BCUT2D eigenvalue weighted by molar-refractivity contribution is 6.31. The van der Waals surface area contributed by atoms with Crippen molar-refractivity contribution in [1.29, 1.82) is 0 Å². The Morgan fingerprint density at radius 1 is 1.15 bits per heavy atom. The fraction of sp³-hybridized carbons (Fsp3) is 0.0714. The van der Waals surface area contributed by atoms with Gasteiger partial charge in [0, 0.05) is 16.4 Å². The summed E-state index contributed by atoms with van der Waals surface area (Å²) in [6, 6.07) is 10.7. The molecule has 5 nitrogen and oxygen atoms in total. The van der Waals surface area contributed by atoms with Crippen LogP contribution in [0.2, 0.25) is 5.02 Å². The van der Waals surface area contributed by atoms with Gasteiger partial charge in [-0.2, -0.15) is 4.98 Å². The molecule has 0 aliphatic carbocycles. The zero-order valence-corrected chi connectivity index (χ0v) is 11.4. The number of nitrogens with two attached hydrogens (primary N) is 1.